The van der Waals surface area contributed by atoms with Gasteiger partial charge in [0, 0.05) is 19.6 Å². The first-order chi connectivity index (χ1) is 9.29. The molecule has 1 aromatic carbocycles. The Morgan fingerprint density at radius 1 is 1.42 bits per heavy atom. The molecule has 1 atom stereocenters. The van der Waals surface area contributed by atoms with Crippen LogP contribution in [0.25, 0.3) is 0 Å². The van der Waals surface area contributed by atoms with Gasteiger partial charge in [-0.25, -0.2) is 4.79 Å². The average Bonchev–Trinajstić information content (AvgIpc) is 2.45. The van der Waals surface area contributed by atoms with Crippen LogP contribution >= 0.6 is 0 Å². The molecule has 1 aliphatic heterocycles. The predicted octanol–water partition coefficient (Wildman–Crippen LogP) is 1.61. The Bertz CT molecular complexity index is 422. The van der Waals surface area contributed by atoms with Gasteiger partial charge in [0.05, 0.1) is 13.2 Å². The fraction of sp³-hybridized carbons (Fsp3) is 0.500. The van der Waals surface area contributed by atoms with Crippen LogP contribution in [0.2, 0.25) is 0 Å². The molecule has 0 saturated heterocycles. The van der Waals surface area contributed by atoms with Gasteiger partial charge < -0.3 is 19.5 Å². The fourth-order valence-corrected chi connectivity index (χ4v) is 2.02. The van der Waals surface area contributed by atoms with Crippen LogP contribution < -0.4 is 10.1 Å². The maximum atomic E-state index is 11.4. The van der Waals surface area contributed by atoms with E-state index in [0.29, 0.717) is 19.8 Å². The number of ether oxygens (including phenoxy) is 3. The van der Waals surface area contributed by atoms with E-state index in [1.165, 1.54) is 5.56 Å². The Morgan fingerprint density at radius 2 is 2.26 bits per heavy atom. The molecule has 19 heavy (non-hydrogen) atoms. The highest BCUT2D eigenvalue weighted by molar-refractivity contribution is 5.67. The zero-order valence-corrected chi connectivity index (χ0v) is 11.1. The third kappa shape index (κ3) is 4.13. The minimum atomic E-state index is -0.407. The van der Waals surface area contributed by atoms with Gasteiger partial charge >= 0.3 is 6.09 Å². The van der Waals surface area contributed by atoms with Crippen LogP contribution in [-0.2, 0) is 15.9 Å². The molecule has 0 radical (unpaired) electrons. The molecule has 0 saturated carbocycles. The van der Waals surface area contributed by atoms with Gasteiger partial charge in [0.2, 0.25) is 0 Å². The molecule has 0 spiro atoms. The van der Waals surface area contributed by atoms with Gasteiger partial charge in [-0.1, -0.05) is 18.2 Å². The molecule has 1 unspecified atom stereocenters. The molecule has 0 fully saturated rings. The number of nitrogens with one attached hydrogen (secondary N) is 1. The smallest absolute Gasteiger partial charge is 0.407 e. The average molecular weight is 265 g/mol. The van der Waals surface area contributed by atoms with Crippen molar-refractivity contribution in [3.8, 4) is 5.75 Å². The second kappa shape index (κ2) is 6.99. The Kier molecular flexibility index (Phi) is 5.03. The van der Waals surface area contributed by atoms with Crippen molar-refractivity contribution < 1.29 is 19.0 Å². The minimum absolute atomic E-state index is 0.270. The van der Waals surface area contributed by atoms with E-state index >= 15 is 0 Å². The molecule has 2 rings (SSSR count). The van der Waals surface area contributed by atoms with E-state index in [1.54, 1.807) is 7.11 Å². The summed E-state index contributed by atoms with van der Waals surface area (Å²) >= 11 is 0. The van der Waals surface area contributed by atoms with Crippen molar-refractivity contribution in [2.75, 3.05) is 33.5 Å². The zero-order chi connectivity index (χ0) is 13.5. The summed E-state index contributed by atoms with van der Waals surface area (Å²) < 4.78 is 15.4. The quantitative estimate of drug-likeness (QED) is 0.822. The number of fused-ring (bicyclic) bond motifs is 1. The number of hydrogen-bond donors (Lipinski definition) is 1. The Balaban J connectivity index is 1.72. The van der Waals surface area contributed by atoms with E-state index in [1.807, 2.05) is 18.2 Å². The molecular formula is C14H19NO4. The molecule has 0 aliphatic carbocycles. The van der Waals surface area contributed by atoms with Gasteiger partial charge in [0.25, 0.3) is 0 Å². The summed E-state index contributed by atoms with van der Waals surface area (Å²) in [5.41, 5.74) is 1.19. The van der Waals surface area contributed by atoms with Crippen molar-refractivity contribution >= 4 is 6.09 Å². The Labute approximate surface area is 112 Å². The number of carbonyl (C=O) groups excluding carboxylic acids is 1. The van der Waals surface area contributed by atoms with Crippen LogP contribution in [0.1, 0.15) is 5.56 Å². The Morgan fingerprint density at radius 3 is 3.11 bits per heavy atom. The summed E-state index contributed by atoms with van der Waals surface area (Å²) in [6.07, 6.45) is 0.505. The van der Waals surface area contributed by atoms with E-state index in [2.05, 4.69) is 11.4 Å². The maximum Gasteiger partial charge on any atom is 0.407 e. The van der Waals surface area contributed by atoms with Gasteiger partial charge in [-0.05, 0) is 18.1 Å². The number of carbonyl (C=O) groups is 1. The van der Waals surface area contributed by atoms with Crippen molar-refractivity contribution in [3.63, 3.8) is 0 Å². The van der Waals surface area contributed by atoms with Gasteiger partial charge in [-0.2, -0.15) is 0 Å². The first kappa shape index (κ1) is 13.7. The van der Waals surface area contributed by atoms with E-state index in [9.17, 15) is 4.79 Å². The molecular weight excluding hydrogens is 246 g/mol. The molecule has 1 amide bonds. The predicted molar refractivity (Wildman–Crippen MR) is 70.4 cm³/mol. The van der Waals surface area contributed by atoms with Crippen LogP contribution in [0.3, 0.4) is 0 Å². The third-order valence-corrected chi connectivity index (χ3v) is 3.01. The summed E-state index contributed by atoms with van der Waals surface area (Å²) in [6.45, 7) is 1.86. The van der Waals surface area contributed by atoms with Gasteiger partial charge in [-0.3, -0.25) is 0 Å². The lowest BCUT2D eigenvalue weighted by molar-refractivity contribution is 0.0967. The normalized spacial score (nSPS) is 17.2. The van der Waals surface area contributed by atoms with E-state index in [4.69, 9.17) is 14.2 Å². The largest absolute Gasteiger partial charge is 0.493 e. The standard InChI is InChI=1S/C14H19NO4/c1-17-6-7-18-14(16)15-9-11-8-12-4-2-3-5-13(12)19-10-11/h2-5,11H,6-10H2,1H3,(H,15,16). The molecule has 1 aliphatic rings. The van der Waals surface area contributed by atoms with Crippen LogP contribution in [0.15, 0.2) is 24.3 Å². The molecule has 1 aromatic rings. The van der Waals surface area contributed by atoms with Crippen LogP contribution in [0.5, 0.6) is 5.75 Å². The summed E-state index contributed by atoms with van der Waals surface area (Å²) in [7, 11) is 1.57. The number of hydrogen-bond acceptors (Lipinski definition) is 4. The fourth-order valence-electron chi connectivity index (χ4n) is 2.02. The van der Waals surface area contributed by atoms with E-state index in [-0.39, 0.29) is 12.5 Å². The summed E-state index contributed by atoms with van der Waals surface area (Å²) in [5.74, 6) is 1.23. The number of methoxy groups -OCH3 is 1. The van der Waals surface area contributed by atoms with Gasteiger partial charge in [-0.15, -0.1) is 0 Å². The molecule has 0 aromatic heterocycles. The van der Waals surface area contributed by atoms with Gasteiger partial charge in [0.15, 0.2) is 0 Å². The zero-order valence-electron chi connectivity index (χ0n) is 11.1. The second-order valence-electron chi connectivity index (χ2n) is 4.50. The van der Waals surface area contributed by atoms with Crippen molar-refractivity contribution in [2.24, 2.45) is 5.92 Å². The van der Waals surface area contributed by atoms with Crippen molar-refractivity contribution in [2.45, 2.75) is 6.42 Å². The van der Waals surface area contributed by atoms with Crippen LogP contribution in [0, 0.1) is 5.92 Å². The molecule has 5 heteroatoms. The maximum absolute atomic E-state index is 11.4. The van der Waals surface area contributed by atoms with Gasteiger partial charge in [0.1, 0.15) is 12.4 Å². The third-order valence-electron chi connectivity index (χ3n) is 3.01. The molecule has 0 bridgehead atoms. The summed E-state index contributed by atoms with van der Waals surface area (Å²) in [5, 5.41) is 2.75. The number of para-hydroxylation sites is 1. The molecule has 1 heterocycles. The van der Waals surface area contributed by atoms with Crippen molar-refractivity contribution in [3.05, 3.63) is 29.8 Å². The number of rotatable bonds is 5. The second-order valence-corrected chi connectivity index (χ2v) is 4.50. The lowest BCUT2D eigenvalue weighted by atomic mass is 9.97. The van der Waals surface area contributed by atoms with Crippen molar-refractivity contribution in [1.29, 1.82) is 0 Å². The number of amides is 1. The van der Waals surface area contributed by atoms with Crippen molar-refractivity contribution in [1.82, 2.24) is 5.32 Å². The van der Waals surface area contributed by atoms with Crippen LogP contribution in [-0.4, -0.2) is 39.6 Å². The highest BCUT2D eigenvalue weighted by Crippen LogP contribution is 2.26. The Hall–Kier alpha value is -1.75. The first-order valence-corrected chi connectivity index (χ1v) is 6.40. The van der Waals surface area contributed by atoms with E-state index in [0.717, 1.165) is 12.2 Å². The highest BCUT2D eigenvalue weighted by Gasteiger charge is 2.20. The first-order valence-electron chi connectivity index (χ1n) is 6.40. The molecule has 104 valence electrons. The minimum Gasteiger partial charge on any atom is -0.493 e. The summed E-state index contributed by atoms with van der Waals surface area (Å²) in [6, 6.07) is 7.98. The molecule has 5 nitrogen and oxygen atoms in total. The van der Waals surface area contributed by atoms with Crippen LogP contribution in [0.4, 0.5) is 4.79 Å². The van der Waals surface area contributed by atoms with E-state index < -0.39 is 6.09 Å². The summed E-state index contributed by atoms with van der Waals surface area (Å²) in [4.78, 5) is 11.4. The number of alkyl carbamates (subject to hydrolysis) is 1. The monoisotopic (exact) mass is 265 g/mol. The topological polar surface area (TPSA) is 56.8 Å². The number of benzene rings is 1. The lowest BCUT2D eigenvalue weighted by Gasteiger charge is -2.25. The highest BCUT2D eigenvalue weighted by atomic mass is 16.6. The SMILES string of the molecule is COCCOC(=O)NCC1COc2ccccc2C1. The lowest BCUT2D eigenvalue weighted by Crippen LogP contribution is -2.35. The molecule has 1 N–H and O–H groups in total.